The highest BCUT2D eigenvalue weighted by molar-refractivity contribution is 5.95. The number of nitrogens with one attached hydrogen (secondary N) is 1. The van der Waals surface area contributed by atoms with Gasteiger partial charge in [0.2, 0.25) is 0 Å². The molecule has 0 aliphatic heterocycles. The van der Waals surface area contributed by atoms with Gasteiger partial charge in [0.05, 0.1) is 17.4 Å². The molecule has 1 aromatic rings. The third-order valence-electron chi connectivity index (χ3n) is 2.93. The molecule has 0 spiro atoms. The van der Waals surface area contributed by atoms with Crippen molar-refractivity contribution in [2.24, 2.45) is 5.73 Å². The molecule has 0 radical (unpaired) electrons. The van der Waals surface area contributed by atoms with Gasteiger partial charge in [0.15, 0.2) is 0 Å². The average Bonchev–Trinajstić information content (AvgIpc) is 2.85. The minimum Gasteiger partial charge on any atom is -0.469 e. The number of rotatable bonds is 4. The normalized spacial score (nSPS) is 17.5. The Morgan fingerprint density at radius 3 is 2.93 bits per heavy atom. The maximum atomic E-state index is 11.9. The van der Waals surface area contributed by atoms with Crippen LogP contribution in [0, 0.1) is 0 Å². The number of amides is 1. The first-order valence-electron chi connectivity index (χ1n) is 5.30. The standard InChI is InChI=1S/C11H16N2O2/c1-2-9-8(3-6-15-9)10(14)13-11(7-12)4-5-11/h3,6H,2,4-5,7,12H2,1H3,(H,13,14). The van der Waals surface area contributed by atoms with Crippen molar-refractivity contribution in [3.63, 3.8) is 0 Å². The summed E-state index contributed by atoms with van der Waals surface area (Å²) in [6.45, 7) is 2.48. The van der Waals surface area contributed by atoms with Crippen molar-refractivity contribution in [3.8, 4) is 0 Å². The lowest BCUT2D eigenvalue weighted by Crippen LogP contribution is -2.42. The van der Waals surface area contributed by atoms with Gasteiger partial charge in [-0.3, -0.25) is 4.79 Å². The molecule has 15 heavy (non-hydrogen) atoms. The third-order valence-corrected chi connectivity index (χ3v) is 2.93. The molecule has 1 aliphatic rings. The first-order valence-corrected chi connectivity index (χ1v) is 5.30. The molecule has 1 heterocycles. The third kappa shape index (κ3) is 1.90. The van der Waals surface area contributed by atoms with Gasteiger partial charge in [-0.15, -0.1) is 0 Å². The number of nitrogens with two attached hydrogens (primary N) is 1. The molecule has 0 unspecified atom stereocenters. The Bertz CT molecular complexity index is 366. The average molecular weight is 208 g/mol. The van der Waals surface area contributed by atoms with E-state index in [2.05, 4.69) is 5.32 Å². The predicted octanol–water partition coefficient (Wildman–Crippen LogP) is 1.06. The van der Waals surface area contributed by atoms with Crippen molar-refractivity contribution in [2.45, 2.75) is 31.7 Å². The number of furan rings is 1. The van der Waals surface area contributed by atoms with Gasteiger partial charge in [-0.2, -0.15) is 0 Å². The van der Waals surface area contributed by atoms with E-state index in [9.17, 15) is 4.79 Å². The highest BCUT2D eigenvalue weighted by atomic mass is 16.3. The van der Waals surface area contributed by atoms with E-state index in [1.165, 1.54) is 0 Å². The number of aryl methyl sites for hydroxylation is 1. The van der Waals surface area contributed by atoms with E-state index in [-0.39, 0.29) is 11.4 Å². The van der Waals surface area contributed by atoms with E-state index in [1.54, 1.807) is 12.3 Å². The molecule has 3 N–H and O–H groups in total. The van der Waals surface area contributed by atoms with Crippen molar-refractivity contribution >= 4 is 5.91 Å². The molecule has 0 saturated heterocycles. The maximum absolute atomic E-state index is 11.9. The van der Waals surface area contributed by atoms with Crippen molar-refractivity contribution in [2.75, 3.05) is 6.54 Å². The summed E-state index contributed by atoms with van der Waals surface area (Å²) in [7, 11) is 0. The second-order valence-corrected chi connectivity index (χ2v) is 4.05. The zero-order chi connectivity index (χ0) is 10.9. The fourth-order valence-electron chi connectivity index (χ4n) is 1.66. The van der Waals surface area contributed by atoms with Crippen LogP contribution in [0.3, 0.4) is 0 Å². The Balaban J connectivity index is 2.08. The largest absolute Gasteiger partial charge is 0.469 e. The fraction of sp³-hybridized carbons (Fsp3) is 0.545. The molecule has 1 fully saturated rings. The summed E-state index contributed by atoms with van der Waals surface area (Å²) in [6, 6.07) is 1.71. The van der Waals surface area contributed by atoms with Crippen molar-refractivity contribution in [3.05, 3.63) is 23.7 Å². The number of hydrogen-bond acceptors (Lipinski definition) is 3. The van der Waals surface area contributed by atoms with Crippen LogP contribution in [0.1, 0.15) is 35.9 Å². The first-order chi connectivity index (χ1) is 7.21. The van der Waals surface area contributed by atoms with Crippen LogP contribution in [0.4, 0.5) is 0 Å². The monoisotopic (exact) mass is 208 g/mol. The van der Waals surface area contributed by atoms with Gasteiger partial charge in [-0.05, 0) is 18.9 Å². The molecule has 2 rings (SSSR count). The first kappa shape index (κ1) is 10.2. The van der Waals surface area contributed by atoms with Gasteiger partial charge in [0.1, 0.15) is 5.76 Å². The quantitative estimate of drug-likeness (QED) is 0.777. The van der Waals surface area contributed by atoms with Gasteiger partial charge in [-0.1, -0.05) is 6.92 Å². The Kier molecular flexibility index (Phi) is 2.52. The second kappa shape index (κ2) is 3.70. The Labute approximate surface area is 88.8 Å². The van der Waals surface area contributed by atoms with Crippen LogP contribution in [0.15, 0.2) is 16.7 Å². The van der Waals surface area contributed by atoms with E-state index < -0.39 is 0 Å². The number of hydrogen-bond donors (Lipinski definition) is 2. The van der Waals surface area contributed by atoms with Crippen LogP contribution in [-0.2, 0) is 6.42 Å². The predicted molar refractivity (Wildman–Crippen MR) is 56.6 cm³/mol. The van der Waals surface area contributed by atoms with E-state index in [1.807, 2.05) is 6.92 Å². The van der Waals surface area contributed by atoms with Crippen LogP contribution in [0.25, 0.3) is 0 Å². The lowest BCUT2D eigenvalue weighted by molar-refractivity contribution is 0.0931. The summed E-state index contributed by atoms with van der Waals surface area (Å²) in [5.41, 5.74) is 6.10. The molecular weight excluding hydrogens is 192 g/mol. The zero-order valence-electron chi connectivity index (χ0n) is 8.88. The summed E-state index contributed by atoms with van der Waals surface area (Å²) in [5.74, 6) is 0.670. The van der Waals surface area contributed by atoms with Crippen molar-refractivity contribution in [1.82, 2.24) is 5.32 Å². The van der Waals surface area contributed by atoms with Crippen LogP contribution in [0.2, 0.25) is 0 Å². The summed E-state index contributed by atoms with van der Waals surface area (Å²) in [4.78, 5) is 11.9. The number of carbonyl (C=O) groups excluding carboxylic acids is 1. The van der Waals surface area contributed by atoms with Crippen LogP contribution in [-0.4, -0.2) is 18.0 Å². The van der Waals surface area contributed by atoms with Crippen LogP contribution < -0.4 is 11.1 Å². The topological polar surface area (TPSA) is 68.3 Å². The van der Waals surface area contributed by atoms with Gasteiger partial charge in [0.25, 0.3) is 5.91 Å². The summed E-state index contributed by atoms with van der Waals surface area (Å²) >= 11 is 0. The lowest BCUT2D eigenvalue weighted by Gasteiger charge is -2.14. The van der Waals surface area contributed by atoms with Crippen molar-refractivity contribution < 1.29 is 9.21 Å². The van der Waals surface area contributed by atoms with E-state index >= 15 is 0 Å². The maximum Gasteiger partial charge on any atom is 0.255 e. The summed E-state index contributed by atoms with van der Waals surface area (Å²) in [6.07, 6.45) is 4.24. The van der Waals surface area contributed by atoms with E-state index in [0.29, 0.717) is 12.1 Å². The molecule has 1 aliphatic carbocycles. The Morgan fingerprint density at radius 2 is 2.40 bits per heavy atom. The molecule has 1 aromatic heterocycles. The molecule has 1 amide bonds. The molecule has 0 aromatic carbocycles. The molecule has 1 saturated carbocycles. The Hall–Kier alpha value is -1.29. The van der Waals surface area contributed by atoms with E-state index in [0.717, 1.165) is 25.0 Å². The molecular formula is C11H16N2O2. The molecule has 82 valence electrons. The molecule has 0 atom stereocenters. The molecule has 4 heteroatoms. The fourth-order valence-corrected chi connectivity index (χ4v) is 1.66. The van der Waals surface area contributed by atoms with Gasteiger partial charge >= 0.3 is 0 Å². The SMILES string of the molecule is CCc1occc1C(=O)NC1(CN)CC1. The van der Waals surface area contributed by atoms with Gasteiger partial charge in [0, 0.05) is 13.0 Å². The highest BCUT2D eigenvalue weighted by Crippen LogP contribution is 2.34. The minimum atomic E-state index is -0.140. The molecule has 0 bridgehead atoms. The Morgan fingerprint density at radius 1 is 1.67 bits per heavy atom. The van der Waals surface area contributed by atoms with Gasteiger partial charge < -0.3 is 15.5 Å². The smallest absolute Gasteiger partial charge is 0.255 e. The van der Waals surface area contributed by atoms with Crippen molar-refractivity contribution in [1.29, 1.82) is 0 Å². The second-order valence-electron chi connectivity index (χ2n) is 4.05. The van der Waals surface area contributed by atoms with Crippen LogP contribution in [0.5, 0.6) is 0 Å². The minimum absolute atomic E-state index is 0.0662. The highest BCUT2D eigenvalue weighted by Gasteiger charge is 2.43. The zero-order valence-corrected chi connectivity index (χ0v) is 8.88. The summed E-state index contributed by atoms with van der Waals surface area (Å²) in [5, 5.41) is 2.97. The van der Waals surface area contributed by atoms with E-state index in [4.69, 9.17) is 10.2 Å². The lowest BCUT2D eigenvalue weighted by atomic mass is 10.1. The van der Waals surface area contributed by atoms with Crippen LogP contribution >= 0.6 is 0 Å². The van der Waals surface area contributed by atoms with Gasteiger partial charge in [-0.25, -0.2) is 0 Å². The molecule has 4 nitrogen and oxygen atoms in total. The number of carbonyl (C=O) groups is 1. The summed E-state index contributed by atoms with van der Waals surface area (Å²) < 4.78 is 5.21.